The lowest BCUT2D eigenvalue weighted by atomic mass is 10.1. The van der Waals surface area contributed by atoms with Gasteiger partial charge in [0, 0.05) is 0 Å². The zero-order chi connectivity index (χ0) is 13.1. The van der Waals surface area contributed by atoms with Gasteiger partial charge in [-0.3, -0.25) is 0 Å². The summed E-state index contributed by atoms with van der Waals surface area (Å²) in [6, 6.07) is 11.7. The van der Waals surface area contributed by atoms with Gasteiger partial charge in [-0.2, -0.15) is 5.26 Å². The molecule has 0 atom stereocenters. The van der Waals surface area contributed by atoms with Crippen LogP contribution in [-0.2, 0) is 0 Å². The van der Waals surface area contributed by atoms with Gasteiger partial charge in [0.15, 0.2) is 0 Å². The summed E-state index contributed by atoms with van der Waals surface area (Å²) in [5.41, 5.74) is 1.44. The molecule has 18 heavy (non-hydrogen) atoms. The molecule has 0 bridgehead atoms. The molecule has 0 fully saturated rings. The highest BCUT2D eigenvalue weighted by atomic mass is 79.9. The Morgan fingerprint density at radius 1 is 1.22 bits per heavy atom. The Kier molecular flexibility index (Phi) is 3.63. The molecule has 0 radical (unpaired) electrons. The second-order valence-corrected chi connectivity index (χ2v) is 4.64. The molecular weight excluding hydrogens is 297 g/mol. The van der Waals surface area contributed by atoms with E-state index in [1.807, 2.05) is 13.0 Å². The van der Waals surface area contributed by atoms with E-state index in [0.717, 1.165) is 5.56 Å². The van der Waals surface area contributed by atoms with E-state index >= 15 is 0 Å². The predicted molar refractivity (Wildman–Crippen MR) is 70.1 cm³/mol. The molecule has 90 valence electrons. The summed E-state index contributed by atoms with van der Waals surface area (Å²) in [6.45, 7) is 1.90. The third kappa shape index (κ3) is 2.69. The van der Waals surface area contributed by atoms with E-state index in [-0.39, 0.29) is 5.82 Å². The van der Waals surface area contributed by atoms with Crippen molar-refractivity contribution in [2.24, 2.45) is 0 Å². The maximum atomic E-state index is 13.1. The molecule has 0 amide bonds. The van der Waals surface area contributed by atoms with Crippen LogP contribution in [0.5, 0.6) is 11.5 Å². The Hall–Kier alpha value is -1.86. The molecular formula is C14H9BrFNO. The zero-order valence-corrected chi connectivity index (χ0v) is 11.2. The van der Waals surface area contributed by atoms with Crippen molar-refractivity contribution in [3.63, 3.8) is 0 Å². The first-order valence-electron chi connectivity index (χ1n) is 5.24. The first kappa shape index (κ1) is 12.6. The van der Waals surface area contributed by atoms with Crippen molar-refractivity contribution in [2.45, 2.75) is 6.92 Å². The van der Waals surface area contributed by atoms with Crippen LogP contribution in [0.1, 0.15) is 11.1 Å². The van der Waals surface area contributed by atoms with Crippen molar-refractivity contribution in [1.82, 2.24) is 0 Å². The lowest BCUT2D eigenvalue weighted by Crippen LogP contribution is -1.90. The van der Waals surface area contributed by atoms with Gasteiger partial charge in [0.2, 0.25) is 0 Å². The smallest absolute Gasteiger partial charge is 0.145 e. The van der Waals surface area contributed by atoms with E-state index in [1.54, 1.807) is 12.1 Å². The van der Waals surface area contributed by atoms with E-state index in [9.17, 15) is 4.39 Å². The minimum Gasteiger partial charge on any atom is -0.456 e. The monoisotopic (exact) mass is 305 g/mol. The molecule has 0 saturated heterocycles. The first-order valence-corrected chi connectivity index (χ1v) is 6.03. The maximum absolute atomic E-state index is 13.1. The van der Waals surface area contributed by atoms with E-state index in [2.05, 4.69) is 22.0 Å². The predicted octanol–water partition coefficient (Wildman–Crippen LogP) is 4.56. The van der Waals surface area contributed by atoms with Gasteiger partial charge in [-0.15, -0.1) is 0 Å². The molecule has 0 aliphatic rings. The van der Waals surface area contributed by atoms with Crippen LogP contribution in [0.2, 0.25) is 0 Å². The number of hydrogen-bond donors (Lipinski definition) is 0. The molecule has 2 aromatic carbocycles. The Bertz CT molecular complexity index is 634. The summed E-state index contributed by atoms with van der Waals surface area (Å²) >= 11 is 3.09. The van der Waals surface area contributed by atoms with E-state index in [0.29, 0.717) is 21.5 Å². The van der Waals surface area contributed by atoms with Crippen molar-refractivity contribution in [3.8, 4) is 17.6 Å². The topological polar surface area (TPSA) is 33.0 Å². The maximum Gasteiger partial charge on any atom is 0.145 e. The van der Waals surface area contributed by atoms with Crippen LogP contribution in [0.4, 0.5) is 4.39 Å². The molecule has 0 saturated carbocycles. The van der Waals surface area contributed by atoms with Crippen LogP contribution < -0.4 is 4.74 Å². The highest BCUT2D eigenvalue weighted by molar-refractivity contribution is 9.10. The lowest BCUT2D eigenvalue weighted by molar-refractivity contribution is 0.478. The summed E-state index contributed by atoms with van der Waals surface area (Å²) in [7, 11) is 0. The summed E-state index contributed by atoms with van der Waals surface area (Å²) in [6.07, 6.45) is 0. The highest BCUT2D eigenvalue weighted by Crippen LogP contribution is 2.28. The number of nitriles is 1. The van der Waals surface area contributed by atoms with Crippen LogP contribution in [-0.4, -0.2) is 0 Å². The number of aryl methyl sites for hydroxylation is 1. The van der Waals surface area contributed by atoms with E-state index < -0.39 is 0 Å². The SMILES string of the molecule is Cc1ccc(Oc2ccc(F)c(Br)c2)c(C#N)c1. The minimum absolute atomic E-state index is 0.325. The van der Waals surface area contributed by atoms with Gasteiger partial charge < -0.3 is 4.74 Å². The molecule has 4 heteroatoms. The molecule has 2 rings (SSSR count). The molecule has 2 nitrogen and oxygen atoms in total. The quantitative estimate of drug-likeness (QED) is 0.815. The van der Waals surface area contributed by atoms with Gasteiger partial charge in [-0.1, -0.05) is 6.07 Å². The molecule has 0 N–H and O–H groups in total. The van der Waals surface area contributed by atoms with Gasteiger partial charge in [0.25, 0.3) is 0 Å². The van der Waals surface area contributed by atoms with E-state index in [4.69, 9.17) is 10.00 Å². The standard InChI is InChI=1S/C14H9BrFNO/c1-9-2-5-14(10(6-9)8-17)18-11-3-4-13(16)12(15)7-11/h2-7H,1H3. The van der Waals surface area contributed by atoms with Gasteiger partial charge in [0.1, 0.15) is 23.4 Å². The molecule has 2 aromatic rings. The molecule has 0 heterocycles. The first-order chi connectivity index (χ1) is 8.60. The summed E-state index contributed by atoms with van der Waals surface area (Å²) in [5, 5.41) is 9.02. The van der Waals surface area contributed by atoms with Crippen LogP contribution in [0.15, 0.2) is 40.9 Å². The average Bonchev–Trinajstić information content (AvgIpc) is 2.36. The number of ether oxygens (including phenoxy) is 1. The highest BCUT2D eigenvalue weighted by Gasteiger charge is 2.06. The number of halogens is 2. The van der Waals surface area contributed by atoms with Gasteiger partial charge in [0.05, 0.1) is 10.0 Å². The Morgan fingerprint density at radius 2 is 2.00 bits per heavy atom. The van der Waals surface area contributed by atoms with Crippen LogP contribution in [0.3, 0.4) is 0 Å². The molecule has 0 unspecified atom stereocenters. The third-order valence-corrected chi connectivity index (χ3v) is 2.98. The van der Waals surface area contributed by atoms with Gasteiger partial charge in [-0.05, 0) is 58.7 Å². The second kappa shape index (κ2) is 5.19. The Balaban J connectivity index is 2.34. The lowest BCUT2D eigenvalue weighted by Gasteiger charge is -2.08. The molecule has 0 aliphatic carbocycles. The normalized spacial score (nSPS) is 9.89. The molecule has 0 aromatic heterocycles. The van der Waals surface area contributed by atoms with Crippen LogP contribution in [0, 0.1) is 24.1 Å². The van der Waals surface area contributed by atoms with Crippen molar-refractivity contribution in [3.05, 3.63) is 57.8 Å². The van der Waals surface area contributed by atoms with Crippen molar-refractivity contribution < 1.29 is 9.13 Å². The summed E-state index contributed by atoms with van der Waals surface area (Å²) in [5.74, 6) is 0.581. The van der Waals surface area contributed by atoms with Crippen molar-refractivity contribution >= 4 is 15.9 Å². The average molecular weight is 306 g/mol. The van der Waals surface area contributed by atoms with Gasteiger partial charge in [-0.25, -0.2) is 4.39 Å². The van der Waals surface area contributed by atoms with Crippen LogP contribution in [0.25, 0.3) is 0 Å². The zero-order valence-electron chi connectivity index (χ0n) is 9.58. The fourth-order valence-corrected chi connectivity index (χ4v) is 1.85. The molecule has 0 spiro atoms. The number of benzene rings is 2. The summed E-state index contributed by atoms with van der Waals surface area (Å²) < 4.78 is 19.0. The van der Waals surface area contributed by atoms with Crippen molar-refractivity contribution in [2.75, 3.05) is 0 Å². The van der Waals surface area contributed by atoms with Gasteiger partial charge >= 0.3 is 0 Å². The second-order valence-electron chi connectivity index (χ2n) is 3.79. The molecule has 0 aliphatic heterocycles. The Labute approximate surface area is 113 Å². The number of hydrogen-bond acceptors (Lipinski definition) is 2. The minimum atomic E-state index is -0.355. The number of nitrogens with zero attached hydrogens (tertiary/aromatic N) is 1. The van der Waals surface area contributed by atoms with Crippen molar-refractivity contribution in [1.29, 1.82) is 5.26 Å². The third-order valence-electron chi connectivity index (χ3n) is 2.37. The fourth-order valence-electron chi connectivity index (χ4n) is 1.49. The largest absolute Gasteiger partial charge is 0.456 e. The number of rotatable bonds is 2. The Morgan fingerprint density at radius 3 is 2.67 bits per heavy atom. The summed E-state index contributed by atoms with van der Waals surface area (Å²) in [4.78, 5) is 0. The fraction of sp³-hybridized carbons (Fsp3) is 0.0714. The van der Waals surface area contributed by atoms with Crippen LogP contribution >= 0.6 is 15.9 Å². The van der Waals surface area contributed by atoms with E-state index in [1.165, 1.54) is 18.2 Å².